The average molecular weight is 325 g/mol. The van der Waals surface area contributed by atoms with Gasteiger partial charge in [-0.1, -0.05) is 23.4 Å². The largest absolute Gasteiger partial charge is 0.491 e. The van der Waals surface area contributed by atoms with E-state index in [4.69, 9.17) is 9.26 Å². The number of hydrogen-bond donors (Lipinski definition) is 0. The first kappa shape index (κ1) is 15.7. The van der Waals surface area contributed by atoms with E-state index in [9.17, 15) is 10.1 Å². The van der Waals surface area contributed by atoms with E-state index >= 15 is 0 Å². The molecule has 7 nitrogen and oxygen atoms in total. The molecular formula is C17H15N3O4. The number of nitrogens with zero attached hydrogens (tertiary/aromatic N) is 3. The Hall–Kier alpha value is -3.22. The van der Waals surface area contributed by atoms with Crippen LogP contribution in [0.5, 0.6) is 5.75 Å². The molecule has 122 valence electrons. The van der Waals surface area contributed by atoms with E-state index in [2.05, 4.69) is 10.1 Å². The molecule has 1 heterocycles. The van der Waals surface area contributed by atoms with E-state index in [0.717, 1.165) is 5.56 Å². The fraction of sp³-hybridized carbons (Fsp3) is 0.176. The van der Waals surface area contributed by atoms with E-state index in [1.165, 1.54) is 12.1 Å². The van der Waals surface area contributed by atoms with Gasteiger partial charge in [-0.15, -0.1) is 0 Å². The molecule has 0 N–H and O–H groups in total. The van der Waals surface area contributed by atoms with Crippen molar-refractivity contribution in [3.8, 4) is 28.6 Å². The molecule has 0 aliphatic heterocycles. The normalized spacial score (nSPS) is 10.8. The highest BCUT2D eigenvalue weighted by atomic mass is 16.6. The number of ether oxygens (including phenoxy) is 1. The lowest BCUT2D eigenvalue weighted by Gasteiger charge is -2.09. The fourth-order valence-electron chi connectivity index (χ4n) is 2.19. The summed E-state index contributed by atoms with van der Waals surface area (Å²) in [4.78, 5) is 14.7. The molecule has 0 spiro atoms. The molecule has 0 bridgehead atoms. The van der Waals surface area contributed by atoms with Crippen molar-refractivity contribution in [3.05, 3.63) is 58.6 Å². The van der Waals surface area contributed by atoms with E-state index in [0.29, 0.717) is 23.0 Å². The van der Waals surface area contributed by atoms with Crippen LogP contribution in [0.4, 0.5) is 5.69 Å². The molecular weight excluding hydrogens is 310 g/mol. The fourth-order valence-corrected chi connectivity index (χ4v) is 2.19. The second-order valence-corrected chi connectivity index (χ2v) is 5.43. The monoisotopic (exact) mass is 325 g/mol. The highest BCUT2D eigenvalue weighted by molar-refractivity contribution is 5.62. The molecule has 0 fully saturated rings. The Balaban J connectivity index is 1.91. The first-order chi connectivity index (χ1) is 11.5. The Morgan fingerprint density at radius 1 is 1.12 bits per heavy atom. The van der Waals surface area contributed by atoms with Gasteiger partial charge in [0, 0.05) is 23.3 Å². The molecule has 7 heteroatoms. The van der Waals surface area contributed by atoms with Crippen LogP contribution in [0.2, 0.25) is 0 Å². The quantitative estimate of drug-likeness (QED) is 0.518. The summed E-state index contributed by atoms with van der Waals surface area (Å²) < 4.78 is 10.9. The summed E-state index contributed by atoms with van der Waals surface area (Å²) in [6.45, 7) is 3.89. The van der Waals surface area contributed by atoms with Gasteiger partial charge in [-0.25, -0.2) is 0 Å². The maximum atomic E-state index is 10.9. The van der Waals surface area contributed by atoms with Crippen LogP contribution >= 0.6 is 0 Å². The van der Waals surface area contributed by atoms with Crippen molar-refractivity contribution in [3.63, 3.8) is 0 Å². The van der Waals surface area contributed by atoms with Gasteiger partial charge in [0.2, 0.25) is 5.82 Å². The Kier molecular flexibility index (Phi) is 4.24. The molecule has 0 saturated carbocycles. The van der Waals surface area contributed by atoms with Crippen LogP contribution in [-0.2, 0) is 0 Å². The van der Waals surface area contributed by atoms with E-state index in [1.54, 1.807) is 12.1 Å². The minimum Gasteiger partial charge on any atom is -0.491 e. The third-order valence-corrected chi connectivity index (χ3v) is 3.19. The van der Waals surface area contributed by atoms with Crippen LogP contribution < -0.4 is 4.74 Å². The van der Waals surface area contributed by atoms with Crippen LogP contribution in [-0.4, -0.2) is 21.2 Å². The van der Waals surface area contributed by atoms with E-state index in [1.807, 2.05) is 38.1 Å². The lowest BCUT2D eigenvalue weighted by atomic mass is 10.2. The van der Waals surface area contributed by atoms with Gasteiger partial charge in [0.05, 0.1) is 11.0 Å². The van der Waals surface area contributed by atoms with Gasteiger partial charge in [-0.05, 0) is 32.0 Å². The summed E-state index contributed by atoms with van der Waals surface area (Å²) in [7, 11) is 0. The number of rotatable bonds is 5. The van der Waals surface area contributed by atoms with Gasteiger partial charge in [0.15, 0.2) is 0 Å². The van der Waals surface area contributed by atoms with Gasteiger partial charge in [0.1, 0.15) is 5.75 Å². The smallest absolute Gasteiger partial charge is 0.270 e. The summed E-state index contributed by atoms with van der Waals surface area (Å²) in [5, 5.41) is 14.8. The van der Waals surface area contributed by atoms with Gasteiger partial charge < -0.3 is 9.26 Å². The van der Waals surface area contributed by atoms with Crippen molar-refractivity contribution >= 4 is 5.69 Å². The predicted octanol–water partition coefficient (Wildman–Crippen LogP) is 4.10. The number of benzene rings is 2. The number of aromatic nitrogens is 2. The van der Waals surface area contributed by atoms with Crippen LogP contribution in [0.1, 0.15) is 13.8 Å². The van der Waals surface area contributed by atoms with Gasteiger partial charge in [-0.3, -0.25) is 10.1 Å². The summed E-state index contributed by atoms with van der Waals surface area (Å²) in [5.41, 5.74) is 1.22. The average Bonchev–Trinajstić information content (AvgIpc) is 3.04. The summed E-state index contributed by atoms with van der Waals surface area (Å²) in [6.07, 6.45) is 0.0587. The van der Waals surface area contributed by atoms with Crippen molar-refractivity contribution in [1.82, 2.24) is 10.1 Å². The maximum Gasteiger partial charge on any atom is 0.270 e. The van der Waals surface area contributed by atoms with Crippen molar-refractivity contribution in [2.75, 3.05) is 0 Å². The standard InChI is InChI=1S/C17H15N3O4/c1-11(2)23-15-8-4-6-13(10-15)17-18-16(19-24-17)12-5-3-7-14(9-12)20(21)22/h3-11H,1-2H3. The number of non-ortho nitro benzene ring substituents is 1. The molecule has 0 radical (unpaired) electrons. The van der Waals surface area contributed by atoms with Crippen LogP contribution in [0.25, 0.3) is 22.8 Å². The van der Waals surface area contributed by atoms with Gasteiger partial charge in [0.25, 0.3) is 11.6 Å². The molecule has 0 aliphatic carbocycles. The molecule has 0 unspecified atom stereocenters. The zero-order valence-corrected chi connectivity index (χ0v) is 13.2. The third-order valence-electron chi connectivity index (χ3n) is 3.19. The molecule has 2 aromatic carbocycles. The Morgan fingerprint density at radius 2 is 1.88 bits per heavy atom. The topological polar surface area (TPSA) is 91.3 Å². The highest BCUT2D eigenvalue weighted by Crippen LogP contribution is 2.27. The zero-order chi connectivity index (χ0) is 17.1. The zero-order valence-electron chi connectivity index (χ0n) is 13.2. The first-order valence-electron chi connectivity index (χ1n) is 7.38. The van der Waals surface area contributed by atoms with Crippen molar-refractivity contribution in [1.29, 1.82) is 0 Å². The van der Waals surface area contributed by atoms with Crippen molar-refractivity contribution in [2.45, 2.75) is 20.0 Å². The molecule has 24 heavy (non-hydrogen) atoms. The SMILES string of the molecule is CC(C)Oc1cccc(-c2nc(-c3cccc([N+](=O)[O-])c3)no2)c1. The molecule has 3 rings (SSSR count). The highest BCUT2D eigenvalue weighted by Gasteiger charge is 2.14. The van der Waals surface area contributed by atoms with Crippen molar-refractivity contribution in [2.24, 2.45) is 0 Å². The number of nitro benzene ring substituents is 1. The van der Waals surface area contributed by atoms with Gasteiger partial charge >= 0.3 is 0 Å². The second kappa shape index (κ2) is 6.49. The molecule has 0 atom stereocenters. The lowest BCUT2D eigenvalue weighted by molar-refractivity contribution is -0.384. The number of hydrogen-bond acceptors (Lipinski definition) is 6. The minimum absolute atomic E-state index is 0.0221. The third kappa shape index (κ3) is 3.40. The summed E-state index contributed by atoms with van der Waals surface area (Å²) in [5.74, 6) is 1.33. The maximum absolute atomic E-state index is 10.9. The Morgan fingerprint density at radius 3 is 2.62 bits per heavy atom. The lowest BCUT2D eigenvalue weighted by Crippen LogP contribution is -2.05. The first-order valence-corrected chi connectivity index (χ1v) is 7.38. The van der Waals surface area contributed by atoms with E-state index < -0.39 is 4.92 Å². The summed E-state index contributed by atoms with van der Waals surface area (Å²) >= 11 is 0. The molecule has 0 aliphatic rings. The summed E-state index contributed by atoms with van der Waals surface area (Å²) in [6, 6.07) is 13.4. The molecule has 3 aromatic rings. The van der Waals surface area contributed by atoms with Crippen LogP contribution in [0.15, 0.2) is 53.1 Å². The molecule has 0 saturated heterocycles. The predicted molar refractivity (Wildman–Crippen MR) is 87.6 cm³/mol. The van der Waals surface area contributed by atoms with E-state index in [-0.39, 0.29) is 11.8 Å². The molecule has 1 aromatic heterocycles. The minimum atomic E-state index is -0.461. The second-order valence-electron chi connectivity index (χ2n) is 5.43. The molecule has 0 amide bonds. The van der Waals surface area contributed by atoms with Crippen LogP contribution in [0, 0.1) is 10.1 Å². The van der Waals surface area contributed by atoms with Crippen molar-refractivity contribution < 1.29 is 14.2 Å². The van der Waals surface area contributed by atoms with Gasteiger partial charge in [-0.2, -0.15) is 4.98 Å². The number of nitro groups is 1. The Labute approximate surface area is 138 Å². The van der Waals surface area contributed by atoms with Crippen LogP contribution in [0.3, 0.4) is 0 Å². The Bertz CT molecular complexity index is 874.